The fourth-order valence-corrected chi connectivity index (χ4v) is 2.68. The molecule has 1 aromatic carbocycles. The molecule has 4 heteroatoms. The highest BCUT2D eigenvalue weighted by Crippen LogP contribution is 2.43. The lowest BCUT2D eigenvalue weighted by Gasteiger charge is -2.51. The van der Waals surface area contributed by atoms with Gasteiger partial charge in [-0.25, -0.2) is 0 Å². The zero-order chi connectivity index (χ0) is 13.5. The molecule has 2 aliphatic heterocycles. The summed E-state index contributed by atoms with van der Waals surface area (Å²) in [6, 6.07) is 6.14. The van der Waals surface area contributed by atoms with Gasteiger partial charge in [-0.05, 0) is 31.5 Å². The molecular formula is C15H21NO3. The summed E-state index contributed by atoms with van der Waals surface area (Å²) in [4.78, 5) is 0. The molecule has 0 radical (unpaired) electrons. The summed E-state index contributed by atoms with van der Waals surface area (Å²) in [5.41, 5.74) is 7.08. The topological polar surface area (TPSA) is 53.7 Å². The van der Waals surface area contributed by atoms with Crippen LogP contribution in [0.15, 0.2) is 18.2 Å². The van der Waals surface area contributed by atoms with Crippen LogP contribution >= 0.6 is 0 Å². The van der Waals surface area contributed by atoms with Crippen molar-refractivity contribution in [3.05, 3.63) is 23.8 Å². The Morgan fingerprint density at radius 1 is 1.11 bits per heavy atom. The fraction of sp³-hybridized carbons (Fsp3) is 0.600. The largest absolute Gasteiger partial charge is 0.490 e. The smallest absolute Gasteiger partial charge is 0.161 e. The van der Waals surface area contributed by atoms with Crippen LogP contribution in [0.5, 0.6) is 11.5 Å². The molecule has 2 aliphatic rings. The highest BCUT2D eigenvalue weighted by Gasteiger charge is 2.50. The molecule has 0 unspecified atom stereocenters. The summed E-state index contributed by atoms with van der Waals surface area (Å²) < 4.78 is 16.9. The molecule has 104 valence electrons. The molecule has 2 heterocycles. The van der Waals surface area contributed by atoms with Gasteiger partial charge in [-0.3, -0.25) is 0 Å². The van der Waals surface area contributed by atoms with Crippen molar-refractivity contribution in [2.75, 3.05) is 26.4 Å². The Hall–Kier alpha value is -1.26. The third kappa shape index (κ3) is 1.99. The monoisotopic (exact) mass is 263 g/mol. The number of hydrogen-bond donors (Lipinski definition) is 1. The van der Waals surface area contributed by atoms with E-state index < -0.39 is 0 Å². The van der Waals surface area contributed by atoms with Crippen molar-refractivity contribution in [3.63, 3.8) is 0 Å². The molecular weight excluding hydrogens is 242 g/mol. The lowest BCUT2D eigenvalue weighted by atomic mass is 9.65. The summed E-state index contributed by atoms with van der Waals surface area (Å²) in [7, 11) is 0. The normalized spacial score (nSPS) is 21.4. The minimum Gasteiger partial charge on any atom is -0.490 e. The van der Waals surface area contributed by atoms with Gasteiger partial charge in [-0.15, -0.1) is 0 Å². The molecule has 4 nitrogen and oxygen atoms in total. The van der Waals surface area contributed by atoms with Crippen molar-refractivity contribution >= 4 is 0 Å². The summed E-state index contributed by atoms with van der Waals surface area (Å²) in [6.07, 6.45) is 0.917. The summed E-state index contributed by atoms with van der Waals surface area (Å²) in [6.45, 7) is 6.85. The van der Waals surface area contributed by atoms with E-state index in [1.54, 1.807) is 0 Å². The molecule has 0 aliphatic carbocycles. The Labute approximate surface area is 113 Å². The van der Waals surface area contributed by atoms with Crippen LogP contribution in [0.1, 0.15) is 25.8 Å². The Kier molecular flexibility index (Phi) is 2.95. The Balaban J connectivity index is 1.99. The zero-order valence-corrected chi connectivity index (χ0v) is 11.6. The maximum atomic E-state index is 6.36. The third-order valence-electron chi connectivity index (χ3n) is 4.23. The van der Waals surface area contributed by atoms with E-state index >= 15 is 0 Å². The van der Waals surface area contributed by atoms with Crippen LogP contribution in [0, 0.1) is 0 Å². The first-order chi connectivity index (χ1) is 9.03. The van der Waals surface area contributed by atoms with E-state index in [9.17, 15) is 0 Å². The van der Waals surface area contributed by atoms with Gasteiger partial charge in [0.1, 0.15) is 0 Å². The zero-order valence-electron chi connectivity index (χ0n) is 11.6. The molecule has 2 N–H and O–H groups in total. The number of fused-ring (bicyclic) bond motifs is 1. The predicted octanol–water partition coefficient (Wildman–Crippen LogP) is 1.85. The van der Waals surface area contributed by atoms with Crippen molar-refractivity contribution < 1.29 is 14.2 Å². The van der Waals surface area contributed by atoms with Crippen molar-refractivity contribution in [2.45, 2.75) is 31.2 Å². The SMILES string of the molecule is CC(C)(N)C1(c2ccc3c(c2)OCCCO3)COC1. The number of ether oxygens (including phenoxy) is 3. The number of nitrogens with two attached hydrogens (primary N) is 1. The summed E-state index contributed by atoms with van der Waals surface area (Å²) >= 11 is 0. The van der Waals surface area contributed by atoms with E-state index in [-0.39, 0.29) is 11.0 Å². The van der Waals surface area contributed by atoms with Crippen LogP contribution in [-0.2, 0) is 10.2 Å². The van der Waals surface area contributed by atoms with Gasteiger partial charge in [0.05, 0.1) is 31.8 Å². The molecule has 0 spiro atoms. The van der Waals surface area contributed by atoms with Gasteiger partial charge < -0.3 is 19.9 Å². The quantitative estimate of drug-likeness (QED) is 0.884. The Morgan fingerprint density at radius 3 is 2.37 bits per heavy atom. The van der Waals surface area contributed by atoms with Gasteiger partial charge in [-0.1, -0.05) is 6.07 Å². The molecule has 3 rings (SSSR count). The maximum absolute atomic E-state index is 6.36. The summed E-state index contributed by atoms with van der Waals surface area (Å²) in [5.74, 6) is 1.65. The molecule has 0 atom stereocenters. The second-order valence-corrected chi connectivity index (χ2v) is 6.01. The minimum atomic E-state index is -0.328. The molecule has 1 aromatic rings. The van der Waals surface area contributed by atoms with Crippen LogP contribution in [-0.4, -0.2) is 32.0 Å². The standard InChI is InChI=1S/C15H21NO3/c1-14(2,16)15(9-17-10-15)11-4-5-12-13(8-11)19-7-3-6-18-12/h4-5,8H,3,6-7,9-10,16H2,1-2H3. The molecule has 0 amide bonds. The van der Waals surface area contributed by atoms with E-state index in [0.717, 1.165) is 17.9 Å². The summed E-state index contributed by atoms with van der Waals surface area (Å²) in [5, 5.41) is 0. The lowest BCUT2D eigenvalue weighted by Crippen LogP contribution is -2.64. The van der Waals surface area contributed by atoms with E-state index in [2.05, 4.69) is 26.0 Å². The molecule has 0 saturated carbocycles. The van der Waals surface area contributed by atoms with E-state index in [0.29, 0.717) is 26.4 Å². The average molecular weight is 263 g/mol. The first-order valence-corrected chi connectivity index (χ1v) is 6.80. The van der Waals surface area contributed by atoms with Crippen LogP contribution in [0.4, 0.5) is 0 Å². The third-order valence-corrected chi connectivity index (χ3v) is 4.23. The molecule has 1 fully saturated rings. The van der Waals surface area contributed by atoms with E-state index in [1.165, 1.54) is 5.56 Å². The lowest BCUT2D eigenvalue weighted by molar-refractivity contribution is -0.0919. The molecule has 0 bridgehead atoms. The van der Waals surface area contributed by atoms with Crippen LogP contribution < -0.4 is 15.2 Å². The van der Waals surface area contributed by atoms with Gasteiger partial charge in [0, 0.05) is 12.0 Å². The van der Waals surface area contributed by atoms with Gasteiger partial charge in [0.2, 0.25) is 0 Å². The minimum absolute atomic E-state index is 0.127. The van der Waals surface area contributed by atoms with Crippen molar-refractivity contribution in [1.82, 2.24) is 0 Å². The first kappa shape index (κ1) is 12.8. The van der Waals surface area contributed by atoms with Gasteiger partial charge in [-0.2, -0.15) is 0 Å². The second kappa shape index (κ2) is 4.39. The molecule has 19 heavy (non-hydrogen) atoms. The first-order valence-electron chi connectivity index (χ1n) is 6.80. The Bertz CT molecular complexity index is 475. The Morgan fingerprint density at radius 2 is 1.79 bits per heavy atom. The van der Waals surface area contributed by atoms with Crippen molar-refractivity contribution in [3.8, 4) is 11.5 Å². The van der Waals surface area contributed by atoms with Crippen LogP contribution in [0.3, 0.4) is 0 Å². The van der Waals surface area contributed by atoms with Gasteiger partial charge in [0.25, 0.3) is 0 Å². The van der Waals surface area contributed by atoms with Crippen LogP contribution in [0.2, 0.25) is 0 Å². The average Bonchev–Trinajstić information content (AvgIpc) is 2.49. The van der Waals surface area contributed by atoms with E-state index in [1.807, 2.05) is 6.07 Å². The van der Waals surface area contributed by atoms with Crippen molar-refractivity contribution in [1.29, 1.82) is 0 Å². The highest BCUT2D eigenvalue weighted by atomic mass is 16.5. The number of hydrogen-bond acceptors (Lipinski definition) is 4. The highest BCUT2D eigenvalue weighted by molar-refractivity contribution is 5.47. The number of benzene rings is 1. The van der Waals surface area contributed by atoms with Gasteiger partial charge >= 0.3 is 0 Å². The van der Waals surface area contributed by atoms with Gasteiger partial charge in [0.15, 0.2) is 11.5 Å². The predicted molar refractivity (Wildman–Crippen MR) is 72.8 cm³/mol. The molecule has 0 aromatic heterocycles. The molecule has 1 saturated heterocycles. The van der Waals surface area contributed by atoms with E-state index in [4.69, 9.17) is 19.9 Å². The fourth-order valence-electron chi connectivity index (χ4n) is 2.68. The number of rotatable bonds is 2. The second-order valence-electron chi connectivity index (χ2n) is 6.01. The maximum Gasteiger partial charge on any atom is 0.161 e. The van der Waals surface area contributed by atoms with Crippen molar-refractivity contribution in [2.24, 2.45) is 5.73 Å². The van der Waals surface area contributed by atoms with Crippen LogP contribution in [0.25, 0.3) is 0 Å².